The van der Waals surface area contributed by atoms with Gasteiger partial charge in [0.1, 0.15) is 17.6 Å². The quantitative estimate of drug-likeness (QED) is 0.779. The largest absolute Gasteiger partial charge is 0.497 e. The van der Waals surface area contributed by atoms with Gasteiger partial charge in [-0.05, 0) is 24.3 Å². The number of nitrogen functional groups attached to an aromatic ring is 1. The van der Waals surface area contributed by atoms with Gasteiger partial charge in [0.15, 0.2) is 0 Å². The molecular formula is C12H10N2O2. The lowest BCUT2D eigenvalue weighted by atomic mass is 10.1. The molecule has 16 heavy (non-hydrogen) atoms. The van der Waals surface area contributed by atoms with Crippen molar-refractivity contribution >= 4 is 5.69 Å². The molecule has 0 spiro atoms. The molecule has 2 aromatic rings. The Kier molecular flexibility index (Phi) is 2.52. The summed E-state index contributed by atoms with van der Waals surface area (Å²) < 4.78 is 10.3. The molecule has 1 aromatic carbocycles. The maximum atomic E-state index is 8.65. The van der Waals surface area contributed by atoms with Gasteiger partial charge in [0.25, 0.3) is 0 Å². The van der Waals surface area contributed by atoms with E-state index in [0.29, 0.717) is 17.2 Å². The van der Waals surface area contributed by atoms with E-state index in [0.717, 1.165) is 5.56 Å². The fraction of sp³-hybridized carbons (Fsp3) is 0.0833. The van der Waals surface area contributed by atoms with Gasteiger partial charge in [-0.1, -0.05) is 0 Å². The van der Waals surface area contributed by atoms with Gasteiger partial charge in [0.05, 0.1) is 7.11 Å². The lowest BCUT2D eigenvalue weighted by Crippen LogP contribution is -1.91. The van der Waals surface area contributed by atoms with Crippen molar-refractivity contribution in [1.82, 2.24) is 0 Å². The molecule has 0 saturated carbocycles. The minimum Gasteiger partial charge on any atom is -0.497 e. The Morgan fingerprint density at radius 3 is 2.69 bits per heavy atom. The highest BCUT2D eigenvalue weighted by Crippen LogP contribution is 2.30. The molecular weight excluding hydrogens is 204 g/mol. The van der Waals surface area contributed by atoms with E-state index in [-0.39, 0.29) is 5.76 Å². The topological polar surface area (TPSA) is 72.2 Å². The third kappa shape index (κ3) is 1.71. The standard InChI is InChI=1S/C12H10N2O2/c1-15-8-2-4-10(11(14)6-8)12-5-3-9(7-13)16-12/h2-6H,14H2,1H3. The molecule has 0 radical (unpaired) electrons. The second-order valence-corrected chi connectivity index (χ2v) is 3.23. The number of anilines is 1. The summed E-state index contributed by atoms with van der Waals surface area (Å²) >= 11 is 0. The van der Waals surface area contributed by atoms with Gasteiger partial charge in [0, 0.05) is 17.3 Å². The molecule has 0 saturated heterocycles. The molecule has 80 valence electrons. The first-order valence-electron chi connectivity index (χ1n) is 4.68. The van der Waals surface area contributed by atoms with E-state index in [1.54, 1.807) is 37.4 Å². The maximum absolute atomic E-state index is 8.65. The summed E-state index contributed by atoms with van der Waals surface area (Å²) in [6.45, 7) is 0. The number of hydrogen-bond acceptors (Lipinski definition) is 4. The van der Waals surface area contributed by atoms with Gasteiger partial charge < -0.3 is 14.9 Å². The van der Waals surface area contributed by atoms with Crippen LogP contribution in [0.25, 0.3) is 11.3 Å². The molecule has 0 bridgehead atoms. The molecule has 4 heteroatoms. The molecule has 0 unspecified atom stereocenters. The predicted molar refractivity (Wildman–Crippen MR) is 59.8 cm³/mol. The molecule has 0 aliphatic rings. The van der Waals surface area contributed by atoms with Gasteiger partial charge in [-0.3, -0.25) is 0 Å². The zero-order chi connectivity index (χ0) is 11.5. The first-order chi connectivity index (χ1) is 7.74. The predicted octanol–water partition coefficient (Wildman–Crippen LogP) is 2.41. The minimum absolute atomic E-state index is 0.269. The number of furan rings is 1. The fourth-order valence-electron chi connectivity index (χ4n) is 1.43. The molecule has 0 fully saturated rings. The van der Waals surface area contributed by atoms with Crippen LogP contribution in [0.1, 0.15) is 5.76 Å². The van der Waals surface area contributed by atoms with Crippen LogP contribution in [-0.4, -0.2) is 7.11 Å². The van der Waals surface area contributed by atoms with Crippen molar-refractivity contribution in [2.75, 3.05) is 12.8 Å². The van der Waals surface area contributed by atoms with Crippen molar-refractivity contribution < 1.29 is 9.15 Å². The number of nitrogens with zero attached hydrogens (tertiary/aromatic N) is 1. The number of rotatable bonds is 2. The van der Waals surface area contributed by atoms with E-state index in [1.807, 2.05) is 6.07 Å². The van der Waals surface area contributed by atoms with E-state index < -0.39 is 0 Å². The Balaban J connectivity index is 2.45. The van der Waals surface area contributed by atoms with E-state index in [9.17, 15) is 0 Å². The molecule has 4 nitrogen and oxygen atoms in total. The van der Waals surface area contributed by atoms with E-state index in [4.69, 9.17) is 20.1 Å². The van der Waals surface area contributed by atoms with Crippen molar-refractivity contribution in [2.45, 2.75) is 0 Å². The van der Waals surface area contributed by atoms with Crippen LogP contribution in [0.5, 0.6) is 5.75 Å². The Labute approximate surface area is 92.9 Å². The summed E-state index contributed by atoms with van der Waals surface area (Å²) in [6.07, 6.45) is 0. The van der Waals surface area contributed by atoms with Gasteiger partial charge >= 0.3 is 0 Å². The number of hydrogen-bond donors (Lipinski definition) is 1. The number of benzene rings is 1. The maximum Gasteiger partial charge on any atom is 0.204 e. The van der Waals surface area contributed by atoms with Crippen molar-refractivity contribution in [1.29, 1.82) is 5.26 Å². The monoisotopic (exact) mass is 214 g/mol. The molecule has 0 atom stereocenters. The Bertz CT molecular complexity index is 552. The van der Waals surface area contributed by atoms with Crippen LogP contribution in [0, 0.1) is 11.3 Å². The highest BCUT2D eigenvalue weighted by molar-refractivity contribution is 5.74. The third-order valence-electron chi connectivity index (χ3n) is 2.24. The van der Waals surface area contributed by atoms with Crippen LogP contribution in [0.2, 0.25) is 0 Å². The Morgan fingerprint density at radius 2 is 2.12 bits per heavy atom. The van der Waals surface area contributed by atoms with Crippen LogP contribution < -0.4 is 10.5 Å². The Hall–Kier alpha value is -2.41. The second-order valence-electron chi connectivity index (χ2n) is 3.23. The Morgan fingerprint density at radius 1 is 1.31 bits per heavy atom. The summed E-state index contributed by atoms with van der Waals surface area (Å²) in [5.74, 6) is 1.54. The SMILES string of the molecule is COc1ccc(-c2ccc(C#N)o2)c(N)c1. The van der Waals surface area contributed by atoms with Gasteiger partial charge in [0.2, 0.25) is 5.76 Å². The molecule has 2 N–H and O–H groups in total. The van der Waals surface area contributed by atoms with Gasteiger partial charge in [-0.2, -0.15) is 5.26 Å². The summed E-state index contributed by atoms with van der Waals surface area (Å²) in [6, 6.07) is 10.6. The molecule has 1 heterocycles. The van der Waals surface area contributed by atoms with Crippen LogP contribution >= 0.6 is 0 Å². The summed E-state index contributed by atoms with van der Waals surface area (Å²) in [4.78, 5) is 0. The zero-order valence-electron chi connectivity index (χ0n) is 8.73. The number of methoxy groups -OCH3 is 1. The summed E-state index contributed by atoms with van der Waals surface area (Å²) in [5.41, 5.74) is 7.16. The van der Waals surface area contributed by atoms with Gasteiger partial charge in [-0.25, -0.2) is 0 Å². The summed E-state index contributed by atoms with van der Waals surface area (Å²) in [7, 11) is 1.58. The van der Waals surface area contributed by atoms with Crippen molar-refractivity contribution in [2.24, 2.45) is 0 Å². The highest BCUT2D eigenvalue weighted by atomic mass is 16.5. The smallest absolute Gasteiger partial charge is 0.204 e. The van der Waals surface area contributed by atoms with Gasteiger partial charge in [-0.15, -0.1) is 0 Å². The van der Waals surface area contributed by atoms with Crippen molar-refractivity contribution in [3.63, 3.8) is 0 Å². The first kappa shape index (κ1) is 10.1. The molecule has 0 aliphatic carbocycles. The van der Waals surface area contributed by atoms with E-state index >= 15 is 0 Å². The normalized spacial score (nSPS) is 9.75. The lowest BCUT2D eigenvalue weighted by Gasteiger charge is -2.05. The van der Waals surface area contributed by atoms with Crippen molar-refractivity contribution in [3.8, 4) is 23.1 Å². The zero-order valence-corrected chi connectivity index (χ0v) is 8.73. The average molecular weight is 214 g/mol. The fourth-order valence-corrected chi connectivity index (χ4v) is 1.43. The first-order valence-corrected chi connectivity index (χ1v) is 4.68. The summed E-state index contributed by atoms with van der Waals surface area (Å²) in [5, 5.41) is 8.65. The third-order valence-corrected chi connectivity index (χ3v) is 2.24. The number of nitrogens with two attached hydrogens (primary N) is 1. The molecule has 1 aromatic heterocycles. The average Bonchev–Trinajstić information content (AvgIpc) is 2.77. The highest BCUT2D eigenvalue weighted by Gasteiger charge is 2.08. The van der Waals surface area contributed by atoms with Crippen LogP contribution in [-0.2, 0) is 0 Å². The second kappa shape index (κ2) is 3.99. The van der Waals surface area contributed by atoms with E-state index in [1.165, 1.54) is 0 Å². The molecule has 0 amide bonds. The van der Waals surface area contributed by atoms with E-state index in [2.05, 4.69) is 0 Å². The van der Waals surface area contributed by atoms with Crippen LogP contribution in [0.15, 0.2) is 34.7 Å². The van der Waals surface area contributed by atoms with Crippen molar-refractivity contribution in [3.05, 3.63) is 36.1 Å². The number of ether oxygens (including phenoxy) is 1. The number of nitriles is 1. The van der Waals surface area contributed by atoms with Crippen LogP contribution in [0.3, 0.4) is 0 Å². The molecule has 0 aliphatic heterocycles. The molecule has 2 rings (SSSR count). The van der Waals surface area contributed by atoms with Crippen LogP contribution in [0.4, 0.5) is 5.69 Å². The minimum atomic E-state index is 0.269. The lowest BCUT2D eigenvalue weighted by molar-refractivity contribution is 0.415.